The third-order valence-electron chi connectivity index (χ3n) is 1.92. The zero-order valence-corrected chi connectivity index (χ0v) is 8.52. The first-order chi connectivity index (χ1) is 7.04. The molecule has 1 aromatic rings. The minimum Gasteiger partial charge on any atom is -0.504 e. The molecule has 2 N–H and O–H groups in total. The van der Waals surface area contributed by atoms with Gasteiger partial charge in [0.15, 0.2) is 11.5 Å². The van der Waals surface area contributed by atoms with Crippen LogP contribution in [0.1, 0.15) is 12.5 Å². The molecule has 15 heavy (non-hydrogen) atoms. The molecule has 0 amide bonds. The van der Waals surface area contributed by atoms with Crippen LogP contribution in [0.4, 0.5) is 0 Å². The van der Waals surface area contributed by atoms with Crippen LogP contribution in [0.3, 0.4) is 0 Å². The third kappa shape index (κ3) is 2.74. The molecule has 0 unspecified atom stereocenters. The predicted molar refractivity (Wildman–Crippen MR) is 55.9 cm³/mol. The minimum atomic E-state index is -0.981. The van der Waals surface area contributed by atoms with Gasteiger partial charge >= 0.3 is 5.97 Å². The van der Waals surface area contributed by atoms with Crippen molar-refractivity contribution >= 4 is 12.0 Å². The maximum atomic E-state index is 10.6. The molecular weight excluding hydrogens is 196 g/mol. The van der Waals surface area contributed by atoms with Gasteiger partial charge in [-0.15, -0.1) is 0 Å². The largest absolute Gasteiger partial charge is 0.504 e. The molecule has 0 bridgehead atoms. The quantitative estimate of drug-likeness (QED) is 0.744. The summed E-state index contributed by atoms with van der Waals surface area (Å²) in [4.78, 5) is 10.6. The molecule has 0 saturated heterocycles. The fraction of sp³-hybridized carbons (Fsp3) is 0.182. The van der Waals surface area contributed by atoms with Crippen LogP contribution in [0.25, 0.3) is 6.08 Å². The molecule has 0 saturated carbocycles. The van der Waals surface area contributed by atoms with E-state index in [9.17, 15) is 9.90 Å². The molecule has 80 valence electrons. The summed E-state index contributed by atoms with van der Waals surface area (Å²) < 4.78 is 4.87. The number of aliphatic carboxylic acids is 1. The number of hydrogen-bond donors (Lipinski definition) is 2. The highest BCUT2D eigenvalue weighted by molar-refractivity contribution is 5.91. The van der Waals surface area contributed by atoms with Crippen molar-refractivity contribution in [2.24, 2.45) is 0 Å². The fourth-order valence-corrected chi connectivity index (χ4v) is 1.11. The summed E-state index contributed by atoms with van der Waals surface area (Å²) in [6.07, 6.45) is 1.47. The Hall–Kier alpha value is -1.97. The van der Waals surface area contributed by atoms with E-state index in [0.29, 0.717) is 11.3 Å². The lowest BCUT2D eigenvalue weighted by atomic mass is 10.1. The summed E-state index contributed by atoms with van der Waals surface area (Å²) in [5.74, 6) is -0.630. The number of rotatable bonds is 3. The van der Waals surface area contributed by atoms with Gasteiger partial charge in [0.2, 0.25) is 0 Å². The average Bonchev–Trinajstić information content (AvgIpc) is 2.18. The lowest BCUT2D eigenvalue weighted by Gasteiger charge is -2.03. The lowest BCUT2D eigenvalue weighted by Crippen LogP contribution is -1.95. The van der Waals surface area contributed by atoms with Crippen LogP contribution >= 0.6 is 0 Å². The van der Waals surface area contributed by atoms with Gasteiger partial charge in [-0.3, -0.25) is 0 Å². The Labute approximate surface area is 87.4 Å². The van der Waals surface area contributed by atoms with Crippen molar-refractivity contribution in [3.05, 3.63) is 29.3 Å². The number of phenols is 1. The Morgan fingerprint density at radius 3 is 2.60 bits per heavy atom. The Morgan fingerprint density at radius 2 is 2.13 bits per heavy atom. The number of hydrogen-bond acceptors (Lipinski definition) is 3. The molecule has 0 aliphatic heterocycles. The number of carbonyl (C=O) groups is 1. The van der Waals surface area contributed by atoms with Gasteiger partial charge in [0, 0.05) is 5.57 Å². The van der Waals surface area contributed by atoms with E-state index in [1.807, 2.05) is 0 Å². The highest BCUT2D eigenvalue weighted by Crippen LogP contribution is 2.27. The Kier molecular flexibility index (Phi) is 3.33. The zero-order valence-electron chi connectivity index (χ0n) is 8.52. The normalized spacial score (nSPS) is 11.2. The van der Waals surface area contributed by atoms with E-state index in [1.54, 1.807) is 12.1 Å². The van der Waals surface area contributed by atoms with E-state index in [4.69, 9.17) is 9.84 Å². The highest BCUT2D eigenvalue weighted by Gasteiger charge is 2.03. The molecule has 0 fully saturated rings. The van der Waals surface area contributed by atoms with Gasteiger partial charge in [0.1, 0.15) is 0 Å². The second-order valence-electron chi connectivity index (χ2n) is 3.06. The van der Waals surface area contributed by atoms with E-state index in [1.165, 1.54) is 26.2 Å². The number of carboxylic acids is 1. The highest BCUT2D eigenvalue weighted by atomic mass is 16.5. The second kappa shape index (κ2) is 4.50. The molecule has 0 spiro atoms. The maximum Gasteiger partial charge on any atom is 0.331 e. The van der Waals surface area contributed by atoms with Crippen LogP contribution in [0.15, 0.2) is 23.8 Å². The number of benzene rings is 1. The lowest BCUT2D eigenvalue weighted by molar-refractivity contribution is -0.132. The van der Waals surface area contributed by atoms with E-state index >= 15 is 0 Å². The molecule has 0 radical (unpaired) electrons. The van der Waals surface area contributed by atoms with Crippen molar-refractivity contribution in [3.8, 4) is 11.5 Å². The number of ether oxygens (including phenoxy) is 1. The van der Waals surface area contributed by atoms with Crippen molar-refractivity contribution in [3.63, 3.8) is 0 Å². The molecule has 0 aliphatic rings. The Morgan fingerprint density at radius 1 is 1.47 bits per heavy atom. The number of aromatic hydroxyl groups is 1. The van der Waals surface area contributed by atoms with Gasteiger partial charge in [-0.25, -0.2) is 4.79 Å². The summed E-state index contributed by atoms with van der Waals surface area (Å²) >= 11 is 0. The SMILES string of the molecule is COc1ccc(/C=C(/C)C(=O)O)cc1O. The van der Waals surface area contributed by atoms with E-state index in [-0.39, 0.29) is 11.3 Å². The molecule has 1 rings (SSSR count). The van der Waals surface area contributed by atoms with Gasteiger partial charge in [0.25, 0.3) is 0 Å². The van der Waals surface area contributed by atoms with E-state index < -0.39 is 5.97 Å². The third-order valence-corrected chi connectivity index (χ3v) is 1.92. The van der Waals surface area contributed by atoms with Gasteiger partial charge < -0.3 is 14.9 Å². The van der Waals surface area contributed by atoms with Crippen molar-refractivity contribution in [1.29, 1.82) is 0 Å². The van der Waals surface area contributed by atoms with Crippen LogP contribution in [0.2, 0.25) is 0 Å². The van der Waals surface area contributed by atoms with Crippen LogP contribution < -0.4 is 4.74 Å². The summed E-state index contributed by atoms with van der Waals surface area (Å²) in [7, 11) is 1.45. The van der Waals surface area contributed by atoms with Gasteiger partial charge in [0.05, 0.1) is 7.11 Å². The molecular formula is C11H12O4. The first kappa shape index (κ1) is 11.1. The molecule has 4 heteroatoms. The van der Waals surface area contributed by atoms with Crippen LogP contribution in [-0.4, -0.2) is 23.3 Å². The molecule has 1 aromatic carbocycles. The number of carboxylic acid groups (broad SMARTS) is 1. The topological polar surface area (TPSA) is 66.8 Å². The average molecular weight is 208 g/mol. The Bertz CT molecular complexity index is 407. The zero-order chi connectivity index (χ0) is 11.4. The van der Waals surface area contributed by atoms with Crippen LogP contribution in [-0.2, 0) is 4.79 Å². The number of phenolic OH excluding ortho intramolecular Hbond substituents is 1. The van der Waals surface area contributed by atoms with Crippen molar-refractivity contribution in [1.82, 2.24) is 0 Å². The monoisotopic (exact) mass is 208 g/mol. The smallest absolute Gasteiger partial charge is 0.331 e. The first-order valence-corrected chi connectivity index (χ1v) is 4.33. The first-order valence-electron chi connectivity index (χ1n) is 4.33. The van der Waals surface area contributed by atoms with Crippen molar-refractivity contribution < 1.29 is 19.7 Å². The van der Waals surface area contributed by atoms with Gasteiger partial charge in [-0.2, -0.15) is 0 Å². The Balaban J connectivity index is 3.03. The molecule has 0 aliphatic carbocycles. The number of methoxy groups -OCH3 is 1. The van der Waals surface area contributed by atoms with Crippen molar-refractivity contribution in [2.75, 3.05) is 7.11 Å². The second-order valence-corrected chi connectivity index (χ2v) is 3.06. The maximum absolute atomic E-state index is 10.6. The predicted octanol–water partition coefficient (Wildman–Crippen LogP) is 1.89. The summed E-state index contributed by atoms with van der Waals surface area (Å²) in [5.41, 5.74) is 0.827. The summed E-state index contributed by atoms with van der Waals surface area (Å²) in [5, 5.41) is 18.1. The fourth-order valence-electron chi connectivity index (χ4n) is 1.11. The minimum absolute atomic E-state index is 0.00978. The van der Waals surface area contributed by atoms with Crippen molar-refractivity contribution in [2.45, 2.75) is 6.92 Å². The summed E-state index contributed by atoms with van der Waals surface area (Å²) in [6, 6.07) is 4.70. The van der Waals surface area contributed by atoms with E-state index in [0.717, 1.165) is 0 Å². The standard InChI is InChI=1S/C11H12O4/c1-7(11(13)14)5-8-3-4-10(15-2)9(12)6-8/h3-6,12H,1-2H3,(H,13,14)/b7-5-. The van der Waals surface area contributed by atoms with Gasteiger partial charge in [-0.05, 0) is 30.7 Å². The molecule has 4 nitrogen and oxygen atoms in total. The van der Waals surface area contributed by atoms with E-state index in [2.05, 4.69) is 0 Å². The van der Waals surface area contributed by atoms with Crippen LogP contribution in [0.5, 0.6) is 11.5 Å². The van der Waals surface area contributed by atoms with Crippen LogP contribution in [0, 0.1) is 0 Å². The molecule has 0 atom stereocenters. The molecule has 0 heterocycles. The van der Waals surface area contributed by atoms with Gasteiger partial charge in [-0.1, -0.05) is 6.07 Å². The molecule has 0 aromatic heterocycles. The summed E-state index contributed by atoms with van der Waals surface area (Å²) in [6.45, 7) is 1.49.